The van der Waals surface area contributed by atoms with Gasteiger partial charge in [-0.25, -0.2) is 4.39 Å². The zero-order valence-corrected chi connectivity index (χ0v) is 14.4. The van der Waals surface area contributed by atoms with Crippen molar-refractivity contribution >= 4 is 5.69 Å². The van der Waals surface area contributed by atoms with Gasteiger partial charge in [0.2, 0.25) is 0 Å². The molecule has 0 amide bonds. The van der Waals surface area contributed by atoms with Crippen molar-refractivity contribution in [1.82, 2.24) is 0 Å². The molecule has 2 heteroatoms. The molecule has 128 valence electrons. The molecule has 3 atom stereocenters. The topological polar surface area (TPSA) is 12.0 Å². The van der Waals surface area contributed by atoms with Crippen molar-refractivity contribution in [3.05, 3.63) is 102 Å². The van der Waals surface area contributed by atoms with Crippen molar-refractivity contribution in [1.29, 1.82) is 0 Å². The SMILES string of the molecule is Fc1cccc([C@@H]2Nc3ccc(-c4ccccc4)cc3[C@@H]3C=CC[C@@H]32)c1. The van der Waals surface area contributed by atoms with Gasteiger partial charge in [0.15, 0.2) is 0 Å². The standard InChI is InChI=1S/C24H20FN/c25-19-9-4-8-18(14-19)24-21-11-5-10-20(21)22-15-17(12-13-23(22)26-24)16-6-2-1-3-7-16/h1-10,12-15,20-21,24,26H,11H2/t20-,21+,24+/m1/s1. The fourth-order valence-corrected chi connectivity index (χ4v) is 4.43. The lowest BCUT2D eigenvalue weighted by Gasteiger charge is -2.37. The van der Waals surface area contributed by atoms with Crippen LogP contribution in [0, 0.1) is 11.7 Å². The van der Waals surface area contributed by atoms with Gasteiger partial charge in [0, 0.05) is 11.6 Å². The summed E-state index contributed by atoms with van der Waals surface area (Å²) in [5.41, 5.74) is 6.02. The molecule has 2 aliphatic rings. The maximum absolute atomic E-state index is 13.8. The summed E-state index contributed by atoms with van der Waals surface area (Å²) in [7, 11) is 0. The van der Waals surface area contributed by atoms with Gasteiger partial charge in [0.05, 0.1) is 6.04 Å². The van der Waals surface area contributed by atoms with Crippen LogP contribution < -0.4 is 5.32 Å². The number of nitrogens with one attached hydrogen (secondary N) is 1. The first kappa shape index (κ1) is 15.4. The van der Waals surface area contributed by atoms with Crippen LogP contribution in [0.25, 0.3) is 11.1 Å². The van der Waals surface area contributed by atoms with E-state index in [1.54, 1.807) is 12.1 Å². The third kappa shape index (κ3) is 2.53. The highest BCUT2D eigenvalue weighted by atomic mass is 19.1. The molecule has 3 aromatic carbocycles. The zero-order chi connectivity index (χ0) is 17.5. The Bertz CT molecular complexity index is 977. The smallest absolute Gasteiger partial charge is 0.123 e. The molecule has 1 heterocycles. The molecule has 0 fully saturated rings. The lowest BCUT2D eigenvalue weighted by atomic mass is 9.76. The molecule has 0 saturated heterocycles. The van der Waals surface area contributed by atoms with Crippen LogP contribution in [0.5, 0.6) is 0 Å². The number of benzene rings is 3. The van der Waals surface area contributed by atoms with Crippen LogP contribution in [0.3, 0.4) is 0 Å². The number of fused-ring (bicyclic) bond motifs is 3. The maximum Gasteiger partial charge on any atom is 0.123 e. The van der Waals surface area contributed by atoms with Gasteiger partial charge in [-0.3, -0.25) is 0 Å². The summed E-state index contributed by atoms with van der Waals surface area (Å²) in [6.07, 6.45) is 5.62. The van der Waals surface area contributed by atoms with Crippen LogP contribution in [-0.2, 0) is 0 Å². The summed E-state index contributed by atoms with van der Waals surface area (Å²) >= 11 is 0. The third-order valence-corrected chi connectivity index (χ3v) is 5.68. The maximum atomic E-state index is 13.8. The van der Waals surface area contributed by atoms with E-state index >= 15 is 0 Å². The second-order valence-electron chi connectivity index (χ2n) is 7.20. The van der Waals surface area contributed by atoms with E-state index in [-0.39, 0.29) is 11.9 Å². The summed E-state index contributed by atoms with van der Waals surface area (Å²) < 4.78 is 13.8. The largest absolute Gasteiger partial charge is 0.378 e. The van der Waals surface area contributed by atoms with Gasteiger partial charge in [0.1, 0.15) is 5.82 Å². The molecule has 1 aliphatic heterocycles. The Balaban J connectivity index is 1.57. The van der Waals surface area contributed by atoms with Gasteiger partial charge in [-0.2, -0.15) is 0 Å². The molecule has 0 saturated carbocycles. The molecule has 1 N–H and O–H groups in total. The Kier molecular flexibility index (Phi) is 3.63. The number of halogens is 1. The van der Waals surface area contributed by atoms with Crippen molar-refractivity contribution in [2.75, 3.05) is 5.32 Å². The van der Waals surface area contributed by atoms with E-state index in [1.165, 1.54) is 22.8 Å². The Hall–Kier alpha value is -2.87. The molecular formula is C24H20FN. The van der Waals surface area contributed by atoms with E-state index in [1.807, 2.05) is 12.1 Å². The fourth-order valence-electron chi connectivity index (χ4n) is 4.43. The van der Waals surface area contributed by atoms with E-state index in [4.69, 9.17) is 0 Å². The first-order chi connectivity index (χ1) is 12.8. The quantitative estimate of drug-likeness (QED) is 0.538. The summed E-state index contributed by atoms with van der Waals surface area (Å²) in [5, 5.41) is 3.68. The van der Waals surface area contributed by atoms with Crippen molar-refractivity contribution < 1.29 is 4.39 Å². The number of anilines is 1. The second kappa shape index (κ2) is 6.14. The summed E-state index contributed by atoms with van der Waals surface area (Å²) in [5.74, 6) is 0.635. The molecule has 1 aliphatic carbocycles. The molecule has 0 unspecified atom stereocenters. The molecule has 0 aromatic heterocycles. The highest BCUT2D eigenvalue weighted by Gasteiger charge is 2.38. The fraction of sp³-hybridized carbons (Fsp3) is 0.167. The molecule has 3 aromatic rings. The lowest BCUT2D eigenvalue weighted by Crippen LogP contribution is -2.29. The van der Waals surface area contributed by atoms with Gasteiger partial charge < -0.3 is 5.32 Å². The van der Waals surface area contributed by atoms with Gasteiger partial charge >= 0.3 is 0 Å². The Labute approximate surface area is 153 Å². The van der Waals surface area contributed by atoms with E-state index < -0.39 is 0 Å². The summed E-state index contributed by atoms with van der Waals surface area (Å²) in [4.78, 5) is 0. The Morgan fingerprint density at radius 3 is 2.58 bits per heavy atom. The first-order valence-electron chi connectivity index (χ1n) is 9.17. The van der Waals surface area contributed by atoms with Crippen molar-refractivity contribution in [2.24, 2.45) is 5.92 Å². The van der Waals surface area contributed by atoms with E-state index in [0.717, 1.165) is 17.7 Å². The summed E-state index contributed by atoms with van der Waals surface area (Å²) in [6, 6.07) is 24.3. The van der Waals surface area contributed by atoms with Crippen LogP contribution >= 0.6 is 0 Å². The first-order valence-corrected chi connectivity index (χ1v) is 9.17. The Morgan fingerprint density at radius 2 is 1.73 bits per heavy atom. The average molecular weight is 341 g/mol. The molecule has 0 radical (unpaired) electrons. The van der Waals surface area contributed by atoms with Crippen LogP contribution in [0.2, 0.25) is 0 Å². The number of hydrogen-bond acceptors (Lipinski definition) is 1. The Morgan fingerprint density at radius 1 is 0.846 bits per heavy atom. The summed E-state index contributed by atoms with van der Waals surface area (Å²) in [6.45, 7) is 0. The predicted molar refractivity (Wildman–Crippen MR) is 105 cm³/mol. The molecule has 1 nitrogen and oxygen atoms in total. The normalized spacial score (nSPS) is 23.2. The minimum atomic E-state index is -0.169. The van der Waals surface area contributed by atoms with E-state index in [2.05, 4.69) is 59.9 Å². The average Bonchev–Trinajstić information content (AvgIpc) is 3.18. The minimum absolute atomic E-state index is 0.140. The molecular weight excluding hydrogens is 321 g/mol. The van der Waals surface area contributed by atoms with Gasteiger partial charge in [-0.1, -0.05) is 60.7 Å². The molecule has 5 rings (SSSR count). The molecule has 0 bridgehead atoms. The van der Waals surface area contributed by atoms with Crippen LogP contribution in [0.4, 0.5) is 10.1 Å². The van der Waals surface area contributed by atoms with Gasteiger partial charge in [-0.05, 0) is 58.9 Å². The lowest BCUT2D eigenvalue weighted by molar-refractivity contribution is 0.424. The van der Waals surface area contributed by atoms with Gasteiger partial charge in [-0.15, -0.1) is 0 Å². The van der Waals surface area contributed by atoms with Crippen molar-refractivity contribution in [3.63, 3.8) is 0 Å². The van der Waals surface area contributed by atoms with Crippen LogP contribution in [-0.4, -0.2) is 0 Å². The van der Waals surface area contributed by atoms with Gasteiger partial charge in [0.25, 0.3) is 0 Å². The monoisotopic (exact) mass is 341 g/mol. The number of rotatable bonds is 2. The van der Waals surface area contributed by atoms with E-state index in [9.17, 15) is 4.39 Å². The van der Waals surface area contributed by atoms with Crippen molar-refractivity contribution in [2.45, 2.75) is 18.4 Å². The highest BCUT2D eigenvalue weighted by Crippen LogP contribution is 2.50. The molecule has 26 heavy (non-hydrogen) atoms. The predicted octanol–water partition coefficient (Wildman–Crippen LogP) is 6.32. The second-order valence-corrected chi connectivity index (χ2v) is 7.20. The zero-order valence-electron chi connectivity index (χ0n) is 14.4. The van der Waals surface area contributed by atoms with Crippen molar-refractivity contribution in [3.8, 4) is 11.1 Å². The number of hydrogen-bond donors (Lipinski definition) is 1. The van der Waals surface area contributed by atoms with E-state index in [0.29, 0.717) is 11.8 Å². The van der Waals surface area contributed by atoms with Crippen LogP contribution in [0.1, 0.15) is 29.5 Å². The highest BCUT2D eigenvalue weighted by molar-refractivity contribution is 5.71. The third-order valence-electron chi connectivity index (χ3n) is 5.68. The minimum Gasteiger partial charge on any atom is -0.378 e. The molecule has 0 spiro atoms. The number of allylic oxidation sites excluding steroid dienone is 2. The van der Waals surface area contributed by atoms with Crippen LogP contribution in [0.15, 0.2) is 84.9 Å².